The van der Waals surface area contributed by atoms with Gasteiger partial charge in [-0.3, -0.25) is 15.0 Å². The smallest absolute Gasteiger partial charge is 0.269 e. The maximum absolute atomic E-state index is 10.5. The Labute approximate surface area is 112 Å². The second-order valence-electron chi connectivity index (χ2n) is 4.45. The zero-order valence-electron chi connectivity index (χ0n) is 10.9. The number of nitrogens with zero attached hydrogens (tertiary/aromatic N) is 2. The van der Waals surface area contributed by atoms with Crippen LogP contribution in [-0.4, -0.2) is 48.8 Å². The van der Waals surface area contributed by atoms with Gasteiger partial charge in [-0.25, -0.2) is 0 Å². The van der Waals surface area contributed by atoms with E-state index in [0.717, 1.165) is 26.2 Å². The van der Waals surface area contributed by atoms with Crippen molar-refractivity contribution >= 4 is 5.69 Å². The molecule has 0 saturated carbocycles. The van der Waals surface area contributed by atoms with Crippen LogP contribution in [0.15, 0.2) is 24.3 Å². The van der Waals surface area contributed by atoms with E-state index in [-0.39, 0.29) is 11.8 Å². The lowest BCUT2D eigenvalue weighted by molar-refractivity contribution is -0.384. The number of ether oxygens (including phenoxy) is 2. The number of nitro groups is 1. The highest BCUT2D eigenvalue weighted by Crippen LogP contribution is 2.18. The summed E-state index contributed by atoms with van der Waals surface area (Å²) in [6.45, 7) is 6.15. The quantitative estimate of drug-likeness (QED) is 0.599. The maximum atomic E-state index is 10.5. The third-order valence-corrected chi connectivity index (χ3v) is 3.15. The molecule has 0 radical (unpaired) electrons. The Balaban J connectivity index is 1.83. The largest absolute Gasteiger partial charge is 0.491 e. The molecule has 1 aliphatic rings. The van der Waals surface area contributed by atoms with E-state index in [1.165, 1.54) is 12.1 Å². The summed E-state index contributed by atoms with van der Waals surface area (Å²) in [7, 11) is 0. The van der Waals surface area contributed by atoms with E-state index >= 15 is 0 Å². The molecule has 1 saturated heterocycles. The van der Waals surface area contributed by atoms with E-state index in [2.05, 4.69) is 11.8 Å². The van der Waals surface area contributed by atoms with Crippen LogP contribution < -0.4 is 4.74 Å². The summed E-state index contributed by atoms with van der Waals surface area (Å²) in [5.41, 5.74) is 0.0680. The van der Waals surface area contributed by atoms with Crippen molar-refractivity contribution in [2.45, 2.75) is 13.0 Å². The van der Waals surface area contributed by atoms with E-state index in [0.29, 0.717) is 12.4 Å². The molecule has 0 amide bonds. The molecule has 104 valence electrons. The molecule has 6 heteroatoms. The zero-order valence-corrected chi connectivity index (χ0v) is 10.9. The molecule has 0 unspecified atom stereocenters. The van der Waals surface area contributed by atoms with Crippen LogP contribution in [0.4, 0.5) is 5.69 Å². The Kier molecular flexibility index (Phi) is 4.70. The molecule has 0 aromatic heterocycles. The summed E-state index contributed by atoms with van der Waals surface area (Å²) in [5, 5.41) is 10.5. The van der Waals surface area contributed by atoms with E-state index in [1.54, 1.807) is 12.1 Å². The lowest BCUT2D eigenvalue weighted by Crippen LogP contribution is -2.44. The van der Waals surface area contributed by atoms with Crippen LogP contribution in [0.2, 0.25) is 0 Å². The fraction of sp³-hybridized carbons (Fsp3) is 0.538. The first kappa shape index (κ1) is 13.8. The van der Waals surface area contributed by atoms with Gasteiger partial charge in [-0.05, 0) is 18.7 Å². The van der Waals surface area contributed by atoms with Gasteiger partial charge < -0.3 is 9.47 Å². The summed E-state index contributed by atoms with van der Waals surface area (Å²) in [6, 6.07) is 6.10. The second-order valence-corrected chi connectivity index (χ2v) is 4.45. The topological polar surface area (TPSA) is 64.8 Å². The lowest BCUT2D eigenvalue weighted by Gasteiger charge is -2.31. The fourth-order valence-electron chi connectivity index (χ4n) is 2.02. The third-order valence-electron chi connectivity index (χ3n) is 3.15. The minimum absolute atomic E-state index is 0.0592. The van der Waals surface area contributed by atoms with Crippen LogP contribution in [0.5, 0.6) is 5.75 Å². The summed E-state index contributed by atoms with van der Waals surface area (Å²) in [4.78, 5) is 12.4. The van der Waals surface area contributed by atoms with Crippen molar-refractivity contribution < 1.29 is 14.4 Å². The molecule has 1 aromatic rings. The molecule has 1 fully saturated rings. The first-order valence-electron chi connectivity index (χ1n) is 6.40. The molecule has 0 aliphatic carbocycles. The molecule has 19 heavy (non-hydrogen) atoms. The average Bonchev–Trinajstić information content (AvgIpc) is 2.46. The SMILES string of the molecule is CCN1CCO[C@H](COc2ccc([N+](=O)[O-])cc2)C1. The Morgan fingerprint density at radius 2 is 2.21 bits per heavy atom. The van der Waals surface area contributed by atoms with Crippen molar-refractivity contribution in [2.75, 3.05) is 32.8 Å². The summed E-state index contributed by atoms with van der Waals surface area (Å²) in [5.74, 6) is 0.628. The van der Waals surface area contributed by atoms with Crippen molar-refractivity contribution in [3.8, 4) is 5.75 Å². The summed E-state index contributed by atoms with van der Waals surface area (Å²) >= 11 is 0. The normalized spacial score (nSPS) is 20.2. The van der Waals surface area contributed by atoms with Gasteiger partial charge in [-0.2, -0.15) is 0 Å². The van der Waals surface area contributed by atoms with Gasteiger partial charge in [0.2, 0.25) is 0 Å². The van der Waals surface area contributed by atoms with E-state index in [1.807, 2.05) is 0 Å². The maximum Gasteiger partial charge on any atom is 0.269 e. The molecule has 1 heterocycles. The third kappa shape index (κ3) is 3.90. The van der Waals surface area contributed by atoms with Crippen molar-refractivity contribution in [3.05, 3.63) is 34.4 Å². The Morgan fingerprint density at radius 1 is 1.47 bits per heavy atom. The predicted molar refractivity (Wildman–Crippen MR) is 70.4 cm³/mol. The van der Waals surface area contributed by atoms with Gasteiger partial charge in [0.1, 0.15) is 18.5 Å². The number of hydrogen-bond acceptors (Lipinski definition) is 5. The molecular weight excluding hydrogens is 248 g/mol. The van der Waals surface area contributed by atoms with Crippen LogP contribution >= 0.6 is 0 Å². The Bertz CT molecular complexity index is 421. The van der Waals surface area contributed by atoms with Gasteiger partial charge in [0.15, 0.2) is 0 Å². The molecule has 1 aromatic carbocycles. The van der Waals surface area contributed by atoms with Crippen LogP contribution in [0.3, 0.4) is 0 Å². The van der Waals surface area contributed by atoms with Crippen molar-refractivity contribution in [2.24, 2.45) is 0 Å². The number of morpholine rings is 1. The van der Waals surface area contributed by atoms with Crippen molar-refractivity contribution in [3.63, 3.8) is 0 Å². The molecule has 1 atom stereocenters. The number of hydrogen-bond donors (Lipinski definition) is 0. The zero-order chi connectivity index (χ0) is 13.7. The van der Waals surface area contributed by atoms with E-state index in [4.69, 9.17) is 9.47 Å². The summed E-state index contributed by atoms with van der Waals surface area (Å²) in [6.07, 6.45) is 0.0592. The number of likely N-dealkylation sites (N-methyl/N-ethyl adjacent to an activating group) is 1. The Hall–Kier alpha value is -1.66. The second kappa shape index (κ2) is 6.49. The minimum Gasteiger partial charge on any atom is -0.491 e. The predicted octanol–water partition coefficient (Wildman–Crippen LogP) is 1.69. The van der Waals surface area contributed by atoms with Gasteiger partial charge in [-0.15, -0.1) is 0 Å². The number of non-ortho nitro benzene ring substituents is 1. The lowest BCUT2D eigenvalue weighted by atomic mass is 10.3. The highest BCUT2D eigenvalue weighted by atomic mass is 16.6. The Morgan fingerprint density at radius 3 is 2.84 bits per heavy atom. The van der Waals surface area contributed by atoms with Gasteiger partial charge in [0, 0.05) is 25.2 Å². The number of rotatable bonds is 5. The molecule has 0 bridgehead atoms. The number of nitro benzene ring substituents is 1. The number of benzene rings is 1. The first-order valence-corrected chi connectivity index (χ1v) is 6.40. The van der Waals surface area contributed by atoms with Crippen molar-refractivity contribution in [1.82, 2.24) is 4.90 Å². The van der Waals surface area contributed by atoms with Gasteiger partial charge in [-0.1, -0.05) is 6.92 Å². The monoisotopic (exact) mass is 266 g/mol. The molecule has 0 spiro atoms. The molecule has 2 rings (SSSR count). The molecule has 1 aliphatic heterocycles. The van der Waals surface area contributed by atoms with Gasteiger partial charge >= 0.3 is 0 Å². The highest BCUT2D eigenvalue weighted by molar-refractivity contribution is 5.35. The fourth-order valence-corrected chi connectivity index (χ4v) is 2.02. The van der Waals surface area contributed by atoms with Crippen LogP contribution in [0.1, 0.15) is 6.92 Å². The van der Waals surface area contributed by atoms with Crippen LogP contribution in [-0.2, 0) is 4.74 Å². The minimum atomic E-state index is -0.423. The van der Waals surface area contributed by atoms with E-state index in [9.17, 15) is 10.1 Å². The van der Waals surface area contributed by atoms with Crippen LogP contribution in [0.25, 0.3) is 0 Å². The van der Waals surface area contributed by atoms with E-state index < -0.39 is 4.92 Å². The molecular formula is C13H18N2O4. The average molecular weight is 266 g/mol. The molecule has 0 N–H and O–H groups in total. The first-order chi connectivity index (χ1) is 9.19. The molecule has 6 nitrogen and oxygen atoms in total. The van der Waals surface area contributed by atoms with Crippen molar-refractivity contribution in [1.29, 1.82) is 0 Å². The van der Waals surface area contributed by atoms with Crippen LogP contribution in [0, 0.1) is 10.1 Å². The summed E-state index contributed by atoms with van der Waals surface area (Å²) < 4.78 is 11.2. The highest BCUT2D eigenvalue weighted by Gasteiger charge is 2.19. The van der Waals surface area contributed by atoms with Gasteiger partial charge in [0.05, 0.1) is 11.5 Å². The van der Waals surface area contributed by atoms with Gasteiger partial charge in [0.25, 0.3) is 5.69 Å². The standard InChI is InChI=1S/C13H18N2O4/c1-2-14-7-8-18-13(9-14)10-19-12-5-3-11(4-6-12)15(16)17/h3-6,13H,2,7-10H2,1H3/t13-/m0/s1.